The molecule has 1 saturated carbocycles. The number of rotatable bonds is 10. The first-order chi connectivity index (χ1) is 30.3. The van der Waals surface area contributed by atoms with E-state index in [1.165, 1.54) is 10.3 Å². The Morgan fingerprint density at radius 3 is 2.46 bits per heavy atom. The van der Waals surface area contributed by atoms with Crippen LogP contribution in [-0.4, -0.2) is 97.5 Å². The van der Waals surface area contributed by atoms with Crippen LogP contribution in [0.15, 0.2) is 53.5 Å². The van der Waals surface area contributed by atoms with Gasteiger partial charge in [0.05, 0.1) is 28.2 Å². The highest BCUT2D eigenvalue weighted by Gasteiger charge is 2.37. The summed E-state index contributed by atoms with van der Waals surface area (Å²) in [4.78, 5) is 63.4. The van der Waals surface area contributed by atoms with Gasteiger partial charge in [0.15, 0.2) is 17.4 Å². The second-order valence-electron chi connectivity index (χ2n) is 17.3. The number of piperidine rings is 2. The number of phenols is 1. The Kier molecular flexibility index (Phi) is 12.6. The molecule has 0 unspecified atom stereocenters. The van der Waals surface area contributed by atoms with Gasteiger partial charge in [-0.2, -0.15) is 9.49 Å². The largest absolute Gasteiger partial charge is 0.503 e. The van der Waals surface area contributed by atoms with Gasteiger partial charge in [-0.25, -0.2) is 13.6 Å². The van der Waals surface area contributed by atoms with Crippen molar-refractivity contribution in [3.63, 3.8) is 0 Å². The normalized spacial score (nSPS) is 22.7. The monoisotopic (exact) mass is 872 g/mol. The highest BCUT2D eigenvalue weighted by Crippen LogP contribution is 2.36. The van der Waals surface area contributed by atoms with E-state index in [0.29, 0.717) is 29.8 Å². The number of fused-ring (bicyclic) bond motifs is 3. The van der Waals surface area contributed by atoms with Crippen LogP contribution in [0.2, 0.25) is 0 Å². The number of aromatic hydroxyl groups is 1. The molecule has 5 heterocycles. The van der Waals surface area contributed by atoms with Crippen molar-refractivity contribution >= 4 is 51.8 Å². The summed E-state index contributed by atoms with van der Waals surface area (Å²) in [6, 6.07) is 12.6. The van der Waals surface area contributed by atoms with Crippen molar-refractivity contribution in [2.24, 2.45) is 24.8 Å². The van der Waals surface area contributed by atoms with Crippen LogP contribution in [-0.2, 0) is 27.9 Å². The quantitative estimate of drug-likeness (QED) is 0.0843. The number of hydrogen-bond acceptors (Lipinski definition) is 9. The highest BCUT2D eigenvalue weighted by atomic mass is 19.2. The molecule has 5 aromatic rings. The molecule has 4 N–H and O–H groups in total. The molecule has 0 bridgehead atoms. The minimum absolute atomic E-state index is 0.132. The first-order valence-electron chi connectivity index (χ1n) is 21.6. The van der Waals surface area contributed by atoms with Gasteiger partial charge in [-0.05, 0) is 118 Å². The van der Waals surface area contributed by atoms with Gasteiger partial charge in [-0.1, -0.05) is 6.07 Å². The number of amides is 3. The van der Waals surface area contributed by atoms with Crippen LogP contribution in [0.3, 0.4) is 0 Å². The minimum atomic E-state index is -1.78. The Morgan fingerprint density at radius 2 is 1.70 bits per heavy atom. The van der Waals surface area contributed by atoms with Gasteiger partial charge >= 0.3 is 5.69 Å². The first-order valence-corrected chi connectivity index (χ1v) is 21.6. The lowest BCUT2D eigenvalue weighted by Gasteiger charge is -2.36. The molecule has 2 aromatic heterocycles. The fraction of sp³-hybridized carbons (Fsp3) is 0.467. The number of nitrogens with zero attached hydrogens (tertiary/aromatic N) is 6. The lowest BCUT2D eigenvalue weighted by atomic mass is 9.86. The SMILES string of the molecule is Cn1c(=O)n([C@@H]2CCC(=O)NC2=O)c2ccc(CCCN3C[C@H]4CCN(c5ccc6cn(C7CCC(CNC(=O)c8cc(F)c(O)c(F)c8F)CC7)nc6c5)C[C@H]4C3)cc21.O=CO. The smallest absolute Gasteiger partial charge is 0.329 e. The van der Waals surface area contributed by atoms with Gasteiger partial charge in [0.25, 0.3) is 12.4 Å². The van der Waals surface area contributed by atoms with E-state index >= 15 is 0 Å². The Labute approximate surface area is 360 Å². The van der Waals surface area contributed by atoms with Crippen LogP contribution < -0.4 is 21.2 Å². The average Bonchev–Trinajstić information content (AvgIpc) is 3.97. The number of halogens is 3. The third-order valence-corrected chi connectivity index (χ3v) is 13.5. The Bertz CT molecular complexity index is 2620. The van der Waals surface area contributed by atoms with E-state index in [1.54, 1.807) is 11.6 Å². The van der Waals surface area contributed by atoms with Crippen LogP contribution in [0.1, 0.15) is 79.4 Å². The fourth-order valence-electron chi connectivity index (χ4n) is 10.1. The maximum atomic E-state index is 14.2. The molecule has 15 nitrogen and oxygen atoms in total. The maximum Gasteiger partial charge on any atom is 0.329 e. The number of nitrogens with one attached hydrogen (secondary N) is 2. The van der Waals surface area contributed by atoms with Gasteiger partial charge in [0.1, 0.15) is 6.04 Å². The molecule has 3 aromatic carbocycles. The van der Waals surface area contributed by atoms with Gasteiger partial charge in [-0.3, -0.25) is 38.3 Å². The summed E-state index contributed by atoms with van der Waals surface area (Å²) in [5.41, 5.74) is 3.76. The zero-order chi connectivity index (χ0) is 44.5. The molecule has 0 radical (unpaired) electrons. The van der Waals surface area contributed by atoms with E-state index in [9.17, 15) is 37.5 Å². The summed E-state index contributed by atoms with van der Waals surface area (Å²) in [6.45, 7) is 5.19. The van der Waals surface area contributed by atoms with Crippen molar-refractivity contribution < 1.29 is 42.6 Å². The summed E-state index contributed by atoms with van der Waals surface area (Å²) in [5.74, 6) is -6.44. The number of aromatic nitrogens is 4. The lowest BCUT2D eigenvalue weighted by Crippen LogP contribution is -2.44. The van der Waals surface area contributed by atoms with E-state index in [4.69, 9.17) is 15.0 Å². The molecule has 18 heteroatoms. The molecule has 3 saturated heterocycles. The predicted molar refractivity (Wildman–Crippen MR) is 227 cm³/mol. The molecular formula is C45H51F3N8O7. The highest BCUT2D eigenvalue weighted by molar-refractivity contribution is 6.00. The second kappa shape index (κ2) is 18.3. The topological polar surface area (TPSA) is 184 Å². The zero-order valence-electron chi connectivity index (χ0n) is 34.9. The number of imide groups is 1. The van der Waals surface area contributed by atoms with Crippen molar-refractivity contribution in [1.29, 1.82) is 0 Å². The Balaban J connectivity index is 0.00000177. The molecule has 3 aliphatic heterocycles. The van der Waals surface area contributed by atoms with Crippen LogP contribution in [0.25, 0.3) is 21.9 Å². The third kappa shape index (κ3) is 8.90. The molecule has 63 heavy (non-hydrogen) atoms. The van der Waals surface area contributed by atoms with E-state index < -0.39 is 46.6 Å². The van der Waals surface area contributed by atoms with Crippen LogP contribution in [0, 0.1) is 35.2 Å². The predicted octanol–water partition coefficient (Wildman–Crippen LogP) is 5.04. The number of likely N-dealkylation sites (tertiary alicyclic amines) is 1. The van der Waals surface area contributed by atoms with Crippen LogP contribution in [0.5, 0.6) is 5.75 Å². The zero-order valence-corrected chi connectivity index (χ0v) is 34.9. The molecule has 1 aliphatic carbocycles. The Morgan fingerprint density at radius 1 is 0.937 bits per heavy atom. The summed E-state index contributed by atoms with van der Waals surface area (Å²) in [5, 5.41) is 27.2. The van der Waals surface area contributed by atoms with E-state index in [-0.39, 0.29) is 43.0 Å². The summed E-state index contributed by atoms with van der Waals surface area (Å²) >= 11 is 0. The Hall–Kier alpha value is -6.17. The molecule has 3 atom stereocenters. The number of imidazole rings is 1. The standard InChI is InChI=1S/C44H49F3N8O5.CH2O2/c1-51-37-17-25(6-11-35(37)55(44(51)60)36-12-13-38(56)49-43(36)59)3-2-15-52-21-27-14-16-53(23-29(27)22-52)31-10-7-28-24-54(50-34(28)18-31)30-8-4-26(5-9-30)20-48-42(58)32-19-33(45)41(57)40(47)39(32)46;2-1-3/h6-7,10-11,17-19,24,26-27,29-30,36,57H,2-5,8-9,12-16,20-23H2,1H3,(H,48,58)(H,49,56,59);1H,(H,2,3)/t26?,27-,29-,30?,36-;/m1./s1. The van der Waals surface area contributed by atoms with Crippen LogP contribution in [0.4, 0.5) is 18.9 Å². The lowest BCUT2D eigenvalue weighted by molar-refractivity contribution is -0.135. The molecule has 3 amide bonds. The number of carbonyl (C=O) groups excluding carboxylic acids is 3. The molecule has 9 rings (SSSR count). The average molecular weight is 873 g/mol. The number of benzene rings is 3. The number of phenolic OH excluding ortho intramolecular Hbond substituents is 1. The van der Waals surface area contributed by atoms with E-state index in [2.05, 4.69) is 55.6 Å². The molecule has 334 valence electrons. The maximum absolute atomic E-state index is 14.2. The number of carboxylic acid groups (broad SMARTS) is 1. The van der Waals surface area contributed by atoms with Crippen molar-refractivity contribution in [1.82, 2.24) is 34.4 Å². The molecule has 4 fully saturated rings. The van der Waals surface area contributed by atoms with Gasteiger partial charge in [0.2, 0.25) is 17.6 Å². The molecule has 4 aliphatic rings. The first kappa shape index (κ1) is 43.5. The van der Waals surface area contributed by atoms with Crippen molar-refractivity contribution in [3.05, 3.63) is 87.7 Å². The molecular weight excluding hydrogens is 822 g/mol. The van der Waals surface area contributed by atoms with Crippen molar-refractivity contribution in [3.8, 4) is 5.75 Å². The number of aryl methyl sites for hydroxylation is 2. The minimum Gasteiger partial charge on any atom is -0.503 e. The second-order valence-corrected chi connectivity index (χ2v) is 17.3. The van der Waals surface area contributed by atoms with Crippen LogP contribution >= 0.6 is 0 Å². The number of carbonyl (C=O) groups is 4. The van der Waals surface area contributed by atoms with E-state index in [1.807, 2.05) is 12.1 Å². The summed E-state index contributed by atoms with van der Waals surface area (Å²) in [7, 11) is 1.73. The van der Waals surface area contributed by atoms with Gasteiger partial charge < -0.3 is 25.3 Å². The van der Waals surface area contributed by atoms with Crippen molar-refractivity contribution in [2.45, 2.75) is 69.9 Å². The molecule has 0 spiro atoms. The fourth-order valence-corrected chi connectivity index (χ4v) is 10.1. The van der Waals surface area contributed by atoms with E-state index in [0.717, 1.165) is 99.7 Å². The van der Waals surface area contributed by atoms with Gasteiger partial charge in [-0.15, -0.1) is 0 Å². The van der Waals surface area contributed by atoms with Crippen molar-refractivity contribution in [2.75, 3.05) is 44.2 Å². The number of anilines is 1. The van der Waals surface area contributed by atoms with Gasteiger partial charge in [0, 0.05) is 63.5 Å². The number of hydrogen-bond donors (Lipinski definition) is 4. The summed E-state index contributed by atoms with van der Waals surface area (Å²) < 4.78 is 46.8. The summed E-state index contributed by atoms with van der Waals surface area (Å²) in [6.07, 6.45) is 8.96. The third-order valence-electron chi connectivity index (χ3n) is 13.5.